The summed E-state index contributed by atoms with van der Waals surface area (Å²) < 4.78 is 33.5. The lowest BCUT2D eigenvalue weighted by atomic mass is 10.0. The molecular weight excluding hydrogens is 424 g/mol. The van der Waals surface area contributed by atoms with Gasteiger partial charge in [-0.1, -0.05) is 29.3 Å². The summed E-state index contributed by atoms with van der Waals surface area (Å²) in [5.41, 5.74) is 3.95. The molecule has 1 saturated heterocycles. The number of anilines is 1. The summed E-state index contributed by atoms with van der Waals surface area (Å²) >= 11 is 6.24. The maximum absolute atomic E-state index is 13.2. The predicted molar refractivity (Wildman–Crippen MR) is 119 cm³/mol. The molecule has 8 heteroatoms. The van der Waals surface area contributed by atoms with Gasteiger partial charge in [0.2, 0.25) is 10.0 Å². The lowest BCUT2D eigenvalue weighted by Crippen LogP contribution is -2.48. The van der Waals surface area contributed by atoms with Crippen LogP contribution in [0.15, 0.2) is 35.2 Å². The van der Waals surface area contributed by atoms with Crippen LogP contribution >= 0.6 is 11.6 Å². The van der Waals surface area contributed by atoms with Crippen LogP contribution in [-0.4, -0.2) is 43.9 Å². The first-order valence-corrected chi connectivity index (χ1v) is 11.6. The van der Waals surface area contributed by atoms with E-state index in [9.17, 15) is 13.2 Å². The van der Waals surface area contributed by atoms with E-state index >= 15 is 0 Å². The van der Waals surface area contributed by atoms with Gasteiger partial charge in [0.05, 0.1) is 17.2 Å². The smallest absolute Gasteiger partial charge is 0.255 e. The number of benzene rings is 2. The molecule has 0 bridgehead atoms. The Labute approximate surface area is 183 Å². The standard InChI is InChI=1S/C22H27ClN2O4S/c1-13-8-14(2)21(15(3)9-13)24-22(26)18-6-7-19(23)20(10-18)30(27,28)25-11-16(4)29-17(5)12-25/h6-10,16-17H,11-12H2,1-5H3,(H,24,26). The number of carbonyl (C=O) groups excluding carboxylic acids is 1. The lowest BCUT2D eigenvalue weighted by Gasteiger charge is -2.34. The van der Waals surface area contributed by atoms with E-state index in [1.54, 1.807) is 0 Å². The van der Waals surface area contributed by atoms with Crippen molar-refractivity contribution in [1.82, 2.24) is 4.31 Å². The molecule has 2 unspecified atom stereocenters. The number of hydrogen-bond donors (Lipinski definition) is 1. The number of amides is 1. The summed E-state index contributed by atoms with van der Waals surface area (Å²) in [6.07, 6.45) is -0.442. The zero-order valence-corrected chi connectivity index (χ0v) is 19.4. The molecule has 2 aromatic rings. The van der Waals surface area contributed by atoms with Crippen molar-refractivity contribution in [3.63, 3.8) is 0 Å². The van der Waals surface area contributed by atoms with Gasteiger partial charge in [-0.25, -0.2) is 8.42 Å². The molecule has 1 amide bonds. The van der Waals surface area contributed by atoms with Gasteiger partial charge in [0.15, 0.2) is 0 Å². The number of nitrogens with one attached hydrogen (secondary N) is 1. The second kappa shape index (κ2) is 8.67. The summed E-state index contributed by atoms with van der Waals surface area (Å²) in [5, 5.41) is 2.99. The molecule has 0 spiro atoms. The molecule has 30 heavy (non-hydrogen) atoms. The number of morpholine rings is 1. The molecule has 1 aliphatic heterocycles. The van der Waals surface area contributed by atoms with Crippen LogP contribution in [0.4, 0.5) is 5.69 Å². The van der Waals surface area contributed by atoms with Crippen molar-refractivity contribution in [2.75, 3.05) is 18.4 Å². The molecule has 6 nitrogen and oxygen atoms in total. The van der Waals surface area contributed by atoms with Gasteiger partial charge in [0.1, 0.15) is 4.90 Å². The van der Waals surface area contributed by atoms with E-state index in [4.69, 9.17) is 16.3 Å². The molecule has 0 saturated carbocycles. The second-order valence-electron chi connectivity index (χ2n) is 7.95. The molecule has 1 heterocycles. The molecule has 0 aromatic heterocycles. The van der Waals surface area contributed by atoms with Crippen molar-refractivity contribution in [3.05, 3.63) is 57.6 Å². The Morgan fingerprint density at radius 3 is 2.20 bits per heavy atom. The highest BCUT2D eigenvalue weighted by atomic mass is 35.5. The van der Waals surface area contributed by atoms with Gasteiger partial charge >= 0.3 is 0 Å². The van der Waals surface area contributed by atoms with E-state index < -0.39 is 10.0 Å². The monoisotopic (exact) mass is 450 g/mol. The van der Waals surface area contributed by atoms with Gasteiger partial charge in [-0.05, 0) is 63.9 Å². The van der Waals surface area contributed by atoms with Gasteiger partial charge in [-0.3, -0.25) is 4.79 Å². The number of ether oxygens (including phenoxy) is 1. The van der Waals surface area contributed by atoms with Crippen molar-refractivity contribution in [1.29, 1.82) is 0 Å². The first-order valence-electron chi connectivity index (χ1n) is 9.83. The van der Waals surface area contributed by atoms with Gasteiger partial charge in [0, 0.05) is 24.3 Å². The molecule has 1 N–H and O–H groups in total. The zero-order chi connectivity index (χ0) is 22.2. The fraction of sp³-hybridized carbons (Fsp3) is 0.409. The Balaban J connectivity index is 1.92. The van der Waals surface area contributed by atoms with Crippen LogP contribution in [-0.2, 0) is 14.8 Å². The van der Waals surface area contributed by atoms with Crippen molar-refractivity contribution in [3.8, 4) is 0 Å². The highest BCUT2D eigenvalue weighted by molar-refractivity contribution is 7.89. The van der Waals surface area contributed by atoms with Crippen LogP contribution < -0.4 is 5.32 Å². The summed E-state index contributed by atoms with van der Waals surface area (Å²) in [6, 6.07) is 8.30. The Morgan fingerprint density at radius 2 is 1.63 bits per heavy atom. The normalized spacial score (nSPS) is 20.2. The molecule has 162 valence electrons. The number of halogens is 1. The van der Waals surface area contributed by atoms with E-state index in [1.165, 1.54) is 22.5 Å². The molecule has 0 aliphatic carbocycles. The number of nitrogens with zero attached hydrogens (tertiary/aromatic N) is 1. The molecule has 1 fully saturated rings. The molecule has 2 aromatic carbocycles. The van der Waals surface area contributed by atoms with E-state index in [2.05, 4.69) is 5.32 Å². The highest BCUT2D eigenvalue weighted by Crippen LogP contribution is 2.29. The summed E-state index contributed by atoms with van der Waals surface area (Å²) in [7, 11) is -3.87. The Hall–Kier alpha value is -1.93. The maximum atomic E-state index is 13.2. The fourth-order valence-electron chi connectivity index (χ4n) is 3.87. The number of carbonyl (C=O) groups is 1. The van der Waals surface area contributed by atoms with Crippen molar-refractivity contribution >= 4 is 33.2 Å². The first kappa shape index (κ1) is 22.7. The van der Waals surface area contributed by atoms with E-state index in [0.29, 0.717) is 0 Å². The third-order valence-corrected chi connectivity index (χ3v) is 7.43. The average Bonchev–Trinajstić information content (AvgIpc) is 2.63. The lowest BCUT2D eigenvalue weighted by molar-refractivity contribution is -0.0440. The van der Waals surface area contributed by atoms with Crippen LogP contribution in [0.5, 0.6) is 0 Å². The van der Waals surface area contributed by atoms with E-state index in [-0.39, 0.29) is 46.7 Å². The highest BCUT2D eigenvalue weighted by Gasteiger charge is 2.34. The number of hydrogen-bond acceptors (Lipinski definition) is 4. The third-order valence-electron chi connectivity index (χ3n) is 5.11. The maximum Gasteiger partial charge on any atom is 0.255 e. The minimum Gasteiger partial charge on any atom is -0.373 e. The van der Waals surface area contributed by atoms with Crippen LogP contribution in [0, 0.1) is 20.8 Å². The van der Waals surface area contributed by atoms with Crippen LogP contribution in [0.1, 0.15) is 40.9 Å². The second-order valence-corrected chi connectivity index (χ2v) is 10.3. The average molecular weight is 451 g/mol. The number of sulfonamides is 1. The molecule has 0 radical (unpaired) electrons. The van der Waals surface area contributed by atoms with Crippen molar-refractivity contribution in [2.45, 2.75) is 51.7 Å². The van der Waals surface area contributed by atoms with Crippen LogP contribution in [0.2, 0.25) is 5.02 Å². The van der Waals surface area contributed by atoms with Crippen LogP contribution in [0.3, 0.4) is 0 Å². The van der Waals surface area contributed by atoms with Crippen LogP contribution in [0.25, 0.3) is 0 Å². The molecule has 3 rings (SSSR count). The third kappa shape index (κ3) is 4.70. The number of aryl methyl sites for hydroxylation is 3. The van der Waals surface area contributed by atoms with Gasteiger partial charge < -0.3 is 10.1 Å². The van der Waals surface area contributed by atoms with Gasteiger partial charge in [-0.15, -0.1) is 0 Å². The Bertz CT molecular complexity index is 1050. The molecule has 1 aliphatic rings. The fourth-order valence-corrected chi connectivity index (χ4v) is 5.96. The zero-order valence-electron chi connectivity index (χ0n) is 17.8. The minimum atomic E-state index is -3.87. The largest absolute Gasteiger partial charge is 0.373 e. The van der Waals surface area contributed by atoms with Gasteiger partial charge in [-0.2, -0.15) is 4.31 Å². The summed E-state index contributed by atoms with van der Waals surface area (Å²) in [4.78, 5) is 12.8. The van der Waals surface area contributed by atoms with E-state index in [1.807, 2.05) is 46.8 Å². The molecule has 2 atom stereocenters. The quantitative estimate of drug-likeness (QED) is 0.752. The topological polar surface area (TPSA) is 75.7 Å². The van der Waals surface area contributed by atoms with E-state index in [0.717, 1.165) is 22.4 Å². The first-order chi connectivity index (χ1) is 14.0. The summed E-state index contributed by atoms with van der Waals surface area (Å²) in [5.74, 6) is -0.387. The van der Waals surface area contributed by atoms with Crippen molar-refractivity contribution < 1.29 is 17.9 Å². The number of rotatable bonds is 4. The SMILES string of the molecule is Cc1cc(C)c(NC(=O)c2ccc(Cl)c(S(=O)(=O)N3CC(C)OC(C)C3)c2)c(C)c1. The van der Waals surface area contributed by atoms with Gasteiger partial charge in [0.25, 0.3) is 5.91 Å². The summed E-state index contributed by atoms with van der Waals surface area (Å²) in [6.45, 7) is 9.98. The Morgan fingerprint density at radius 1 is 1.07 bits per heavy atom. The molecular formula is C22H27ClN2O4S. The van der Waals surface area contributed by atoms with Crippen molar-refractivity contribution in [2.24, 2.45) is 0 Å². The predicted octanol–water partition coefficient (Wildman–Crippen LogP) is 4.32. The minimum absolute atomic E-state index is 0.0736. The Kier molecular flexibility index (Phi) is 6.57.